The molecule has 1 aromatic carbocycles. The molecule has 0 unspecified atom stereocenters. The molecule has 1 aromatic rings. The molecule has 0 fully saturated rings. The van der Waals surface area contributed by atoms with Crippen LogP contribution in [0.25, 0.3) is 10.4 Å². The predicted octanol–water partition coefficient (Wildman–Crippen LogP) is 3.02. The van der Waals surface area contributed by atoms with Gasteiger partial charge in [-0.1, -0.05) is 21.0 Å². The fraction of sp³-hybridized carbons (Fsp3) is 0.333. The van der Waals surface area contributed by atoms with Gasteiger partial charge in [-0.25, -0.2) is 0 Å². The molecule has 1 rings (SSSR count). The predicted molar refractivity (Wildman–Crippen MR) is 60.1 cm³/mol. The van der Waals surface area contributed by atoms with E-state index in [1.807, 2.05) is 0 Å². The zero-order valence-corrected chi connectivity index (χ0v) is 9.73. The third-order valence-electron chi connectivity index (χ3n) is 1.89. The van der Waals surface area contributed by atoms with Crippen LogP contribution in [-0.4, -0.2) is 18.8 Å². The van der Waals surface area contributed by atoms with Crippen LogP contribution in [0.5, 0.6) is 11.5 Å². The van der Waals surface area contributed by atoms with Crippen molar-refractivity contribution in [2.24, 2.45) is 5.11 Å². The third kappa shape index (κ3) is 3.04. The number of hydrogen-bond acceptors (Lipinski definition) is 3. The van der Waals surface area contributed by atoms with Crippen LogP contribution in [0.4, 0.5) is 0 Å². The van der Waals surface area contributed by atoms with Gasteiger partial charge in [0.15, 0.2) is 11.5 Å². The van der Waals surface area contributed by atoms with E-state index in [4.69, 9.17) is 10.3 Å². The number of aromatic hydroxyl groups is 1. The zero-order chi connectivity index (χ0) is 11.3. The molecule has 0 aliphatic carbocycles. The molecule has 0 aliphatic rings. The van der Waals surface area contributed by atoms with Crippen molar-refractivity contribution in [3.63, 3.8) is 0 Å². The summed E-state index contributed by atoms with van der Waals surface area (Å²) in [5.41, 5.74) is 9.07. The molecule has 6 heteroatoms. The quantitative estimate of drug-likeness (QED) is 0.519. The lowest BCUT2D eigenvalue weighted by Gasteiger charge is -2.08. The Morgan fingerprint density at radius 2 is 2.33 bits per heavy atom. The van der Waals surface area contributed by atoms with Crippen LogP contribution < -0.4 is 4.74 Å². The van der Waals surface area contributed by atoms with Gasteiger partial charge >= 0.3 is 0 Å². The van der Waals surface area contributed by atoms with Gasteiger partial charge in [0.1, 0.15) is 0 Å². The number of hydrogen-bond donors (Lipinski definition) is 1. The van der Waals surface area contributed by atoms with Gasteiger partial charge in [0, 0.05) is 15.9 Å². The SMILES string of the molecule is COc1cc(CCN=[N+]=[N-])c(Br)cc1O. The van der Waals surface area contributed by atoms with E-state index >= 15 is 0 Å². The molecule has 0 amide bonds. The Morgan fingerprint density at radius 1 is 1.60 bits per heavy atom. The number of ether oxygens (including phenoxy) is 1. The van der Waals surface area contributed by atoms with Crippen molar-refractivity contribution in [3.05, 3.63) is 32.6 Å². The first kappa shape index (κ1) is 11.7. The van der Waals surface area contributed by atoms with Gasteiger partial charge in [0.25, 0.3) is 0 Å². The summed E-state index contributed by atoms with van der Waals surface area (Å²) in [7, 11) is 1.49. The lowest BCUT2D eigenvalue weighted by molar-refractivity contribution is 0.372. The molecule has 0 spiro atoms. The Labute approximate surface area is 95.4 Å². The summed E-state index contributed by atoms with van der Waals surface area (Å²) in [5.74, 6) is 0.492. The summed E-state index contributed by atoms with van der Waals surface area (Å²) in [5, 5.41) is 12.9. The summed E-state index contributed by atoms with van der Waals surface area (Å²) in [6.45, 7) is 0.378. The third-order valence-corrected chi connectivity index (χ3v) is 2.63. The fourth-order valence-corrected chi connectivity index (χ4v) is 1.68. The highest BCUT2D eigenvalue weighted by atomic mass is 79.9. The van der Waals surface area contributed by atoms with Gasteiger partial charge in [-0.3, -0.25) is 0 Å². The van der Waals surface area contributed by atoms with E-state index in [1.54, 1.807) is 12.1 Å². The van der Waals surface area contributed by atoms with Crippen molar-refractivity contribution < 1.29 is 9.84 Å². The van der Waals surface area contributed by atoms with E-state index in [-0.39, 0.29) is 5.75 Å². The van der Waals surface area contributed by atoms with Crippen molar-refractivity contribution in [2.75, 3.05) is 13.7 Å². The smallest absolute Gasteiger partial charge is 0.160 e. The van der Waals surface area contributed by atoms with Gasteiger partial charge in [-0.2, -0.15) is 0 Å². The maximum Gasteiger partial charge on any atom is 0.160 e. The second-order valence-corrected chi connectivity index (χ2v) is 3.67. The van der Waals surface area contributed by atoms with Gasteiger partial charge in [0.05, 0.1) is 7.11 Å². The molecule has 0 aliphatic heterocycles. The van der Waals surface area contributed by atoms with Crippen molar-refractivity contribution in [1.29, 1.82) is 0 Å². The lowest BCUT2D eigenvalue weighted by atomic mass is 10.1. The number of methoxy groups -OCH3 is 1. The van der Waals surface area contributed by atoms with Crippen LogP contribution in [0.1, 0.15) is 5.56 Å². The molecule has 80 valence electrons. The summed E-state index contributed by atoms with van der Waals surface area (Å²) in [6.07, 6.45) is 0.598. The Hall–Kier alpha value is -1.39. The van der Waals surface area contributed by atoms with Crippen LogP contribution in [0.3, 0.4) is 0 Å². The molecular formula is C9H10BrN3O2. The summed E-state index contributed by atoms with van der Waals surface area (Å²) in [4.78, 5) is 2.67. The Balaban J connectivity index is 2.91. The molecule has 1 N–H and O–H groups in total. The summed E-state index contributed by atoms with van der Waals surface area (Å²) in [6, 6.07) is 3.27. The number of halogens is 1. The highest BCUT2D eigenvalue weighted by Gasteiger charge is 2.07. The second-order valence-electron chi connectivity index (χ2n) is 2.82. The van der Waals surface area contributed by atoms with Gasteiger partial charge in [-0.05, 0) is 29.6 Å². The van der Waals surface area contributed by atoms with E-state index in [1.165, 1.54) is 7.11 Å². The maximum absolute atomic E-state index is 9.45. The summed E-state index contributed by atoms with van der Waals surface area (Å²) >= 11 is 3.31. The molecular weight excluding hydrogens is 262 g/mol. The van der Waals surface area contributed by atoms with Crippen molar-refractivity contribution >= 4 is 15.9 Å². The second kappa shape index (κ2) is 5.48. The number of phenolic OH excluding ortho intramolecular Hbond substituents is 1. The van der Waals surface area contributed by atoms with Gasteiger partial charge < -0.3 is 9.84 Å². The summed E-state index contributed by atoms with van der Waals surface area (Å²) < 4.78 is 5.74. The number of phenols is 1. The highest BCUT2D eigenvalue weighted by Crippen LogP contribution is 2.32. The monoisotopic (exact) mass is 271 g/mol. The number of rotatable bonds is 4. The average Bonchev–Trinajstić information content (AvgIpc) is 2.21. The minimum absolute atomic E-state index is 0.0805. The van der Waals surface area contributed by atoms with E-state index in [0.29, 0.717) is 18.7 Å². The molecule has 0 atom stereocenters. The van der Waals surface area contributed by atoms with E-state index in [2.05, 4.69) is 26.0 Å². The molecule has 0 saturated heterocycles. The van der Waals surface area contributed by atoms with Crippen LogP contribution in [0.15, 0.2) is 21.7 Å². The fourth-order valence-electron chi connectivity index (χ4n) is 1.16. The minimum atomic E-state index is 0.0805. The first-order valence-corrected chi connectivity index (χ1v) is 5.04. The normalized spacial score (nSPS) is 9.47. The van der Waals surface area contributed by atoms with Crippen molar-refractivity contribution in [1.82, 2.24) is 0 Å². The Kier molecular flexibility index (Phi) is 4.27. The van der Waals surface area contributed by atoms with E-state index < -0.39 is 0 Å². The van der Waals surface area contributed by atoms with Gasteiger partial charge in [-0.15, -0.1) is 0 Å². The minimum Gasteiger partial charge on any atom is -0.504 e. The number of nitrogens with zero attached hydrogens (tertiary/aromatic N) is 3. The molecule has 0 saturated carbocycles. The molecule has 0 radical (unpaired) electrons. The molecule has 5 nitrogen and oxygen atoms in total. The number of azide groups is 1. The van der Waals surface area contributed by atoms with Crippen LogP contribution in [0, 0.1) is 0 Å². The first-order valence-electron chi connectivity index (χ1n) is 4.25. The van der Waals surface area contributed by atoms with Crippen molar-refractivity contribution in [3.8, 4) is 11.5 Å². The van der Waals surface area contributed by atoms with Crippen LogP contribution >= 0.6 is 15.9 Å². The Bertz CT molecular complexity index is 403. The van der Waals surface area contributed by atoms with Crippen molar-refractivity contribution in [2.45, 2.75) is 6.42 Å². The number of benzene rings is 1. The van der Waals surface area contributed by atoms with Crippen LogP contribution in [0.2, 0.25) is 0 Å². The molecule has 0 aromatic heterocycles. The Morgan fingerprint density at radius 3 is 2.93 bits per heavy atom. The van der Waals surface area contributed by atoms with Crippen LogP contribution in [-0.2, 0) is 6.42 Å². The molecule has 0 heterocycles. The average molecular weight is 272 g/mol. The largest absolute Gasteiger partial charge is 0.504 e. The van der Waals surface area contributed by atoms with E-state index in [9.17, 15) is 5.11 Å². The molecule has 15 heavy (non-hydrogen) atoms. The molecule has 0 bridgehead atoms. The van der Waals surface area contributed by atoms with E-state index in [0.717, 1.165) is 10.0 Å². The lowest BCUT2D eigenvalue weighted by Crippen LogP contribution is -1.92. The zero-order valence-electron chi connectivity index (χ0n) is 8.14. The van der Waals surface area contributed by atoms with Gasteiger partial charge in [0.2, 0.25) is 0 Å². The first-order chi connectivity index (χ1) is 7.19. The topological polar surface area (TPSA) is 78.2 Å². The highest BCUT2D eigenvalue weighted by molar-refractivity contribution is 9.10. The standard InChI is InChI=1S/C9H10BrN3O2/c1-15-9-4-6(2-3-12-13-11)7(10)5-8(9)14/h4-5,14H,2-3H2,1H3. The maximum atomic E-state index is 9.45.